The largest absolute Gasteiger partial charge is 0.467 e. The molecule has 1 unspecified atom stereocenters. The van der Waals surface area contributed by atoms with Gasteiger partial charge in [-0.05, 0) is 18.9 Å². The number of carbonyl (C=O) groups is 2. The van der Waals surface area contributed by atoms with Gasteiger partial charge >= 0.3 is 5.97 Å². The summed E-state index contributed by atoms with van der Waals surface area (Å²) < 4.78 is 4.63. The summed E-state index contributed by atoms with van der Waals surface area (Å²) in [6, 6.07) is 3.36. The van der Waals surface area contributed by atoms with Crippen LogP contribution < -0.4 is 5.32 Å². The summed E-state index contributed by atoms with van der Waals surface area (Å²) in [7, 11) is 1.24. The van der Waals surface area contributed by atoms with Crippen LogP contribution in [0.4, 0.5) is 5.69 Å². The highest BCUT2D eigenvalue weighted by atomic mass is 16.6. The fraction of sp³-hybridized carbons (Fsp3) is 0.429. The standard InChI is InChI=1S/C14H18N2O5/c1-8(2)12(14(18)21-4)15-13(17)10-6-5-9(3)11(7-10)16(19)20/h5-8,12H,1-4H3,(H,15,17). The molecule has 0 aliphatic carbocycles. The molecule has 0 bridgehead atoms. The maximum Gasteiger partial charge on any atom is 0.328 e. The average molecular weight is 294 g/mol. The van der Waals surface area contributed by atoms with E-state index >= 15 is 0 Å². The molecule has 0 fully saturated rings. The third-order valence-electron chi connectivity index (χ3n) is 3.08. The highest BCUT2D eigenvalue weighted by Gasteiger charge is 2.26. The van der Waals surface area contributed by atoms with E-state index in [1.54, 1.807) is 20.8 Å². The molecule has 21 heavy (non-hydrogen) atoms. The molecule has 0 saturated carbocycles. The van der Waals surface area contributed by atoms with Crippen molar-refractivity contribution in [3.8, 4) is 0 Å². The molecule has 0 spiro atoms. The first-order valence-electron chi connectivity index (χ1n) is 6.41. The van der Waals surface area contributed by atoms with E-state index in [0.717, 1.165) is 0 Å². The van der Waals surface area contributed by atoms with Crippen molar-refractivity contribution in [2.75, 3.05) is 7.11 Å². The number of nitro benzene ring substituents is 1. The quantitative estimate of drug-likeness (QED) is 0.507. The lowest BCUT2D eigenvalue weighted by Gasteiger charge is -2.19. The Morgan fingerprint density at radius 1 is 1.33 bits per heavy atom. The van der Waals surface area contributed by atoms with E-state index in [1.807, 2.05) is 0 Å². The molecule has 0 heterocycles. The molecule has 0 aliphatic rings. The summed E-state index contributed by atoms with van der Waals surface area (Å²) in [5.74, 6) is -1.27. The van der Waals surface area contributed by atoms with E-state index in [-0.39, 0.29) is 17.2 Å². The summed E-state index contributed by atoms with van der Waals surface area (Å²) in [6.45, 7) is 5.12. The van der Waals surface area contributed by atoms with Crippen LogP contribution in [0.25, 0.3) is 0 Å². The average Bonchev–Trinajstić information content (AvgIpc) is 2.43. The minimum absolute atomic E-state index is 0.127. The van der Waals surface area contributed by atoms with Crippen LogP contribution >= 0.6 is 0 Å². The van der Waals surface area contributed by atoms with Crippen LogP contribution in [-0.4, -0.2) is 30.0 Å². The molecule has 1 aromatic rings. The number of nitrogens with zero attached hydrogens (tertiary/aromatic N) is 1. The van der Waals surface area contributed by atoms with Gasteiger partial charge < -0.3 is 10.1 Å². The Hall–Kier alpha value is -2.44. The van der Waals surface area contributed by atoms with Gasteiger partial charge in [0.1, 0.15) is 6.04 Å². The minimum atomic E-state index is -0.803. The number of esters is 1. The Morgan fingerprint density at radius 2 is 1.95 bits per heavy atom. The van der Waals surface area contributed by atoms with Gasteiger partial charge in [-0.15, -0.1) is 0 Å². The predicted octanol–water partition coefficient (Wildman–Crippen LogP) is 1.83. The minimum Gasteiger partial charge on any atom is -0.467 e. The van der Waals surface area contributed by atoms with Crippen molar-refractivity contribution in [2.45, 2.75) is 26.8 Å². The van der Waals surface area contributed by atoms with Crippen molar-refractivity contribution in [3.63, 3.8) is 0 Å². The van der Waals surface area contributed by atoms with Crippen molar-refractivity contribution in [1.82, 2.24) is 5.32 Å². The number of aryl methyl sites for hydroxylation is 1. The molecule has 1 amide bonds. The molecule has 1 N–H and O–H groups in total. The van der Waals surface area contributed by atoms with E-state index < -0.39 is 22.8 Å². The molecule has 1 rings (SSSR count). The molecule has 7 heteroatoms. The molecule has 0 radical (unpaired) electrons. The summed E-state index contributed by atoms with van der Waals surface area (Å²) in [5, 5.41) is 13.4. The summed E-state index contributed by atoms with van der Waals surface area (Å²) in [4.78, 5) is 34.1. The molecule has 0 aromatic heterocycles. The van der Waals surface area contributed by atoms with Gasteiger partial charge in [-0.3, -0.25) is 14.9 Å². The van der Waals surface area contributed by atoms with Crippen LogP contribution in [0.15, 0.2) is 18.2 Å². The number of nitro groups is 1. The monoisotopic (exact) mass is 294 g/mol. The molecular formula is C14H18N2O5. The van der Waals surface area contributed by atoms with Gasteiger partial charge in [-0.1, -0.05) is 19.9 Å². The lowest BCUT2D eigenvalue weighted by Crippen LogP contribution is -2.45. The van der Waals surface area contributed by atoms with Gasteiger partial charge in [0.2, 0.25) is 0 Å². The molecule has 114 valence electrons. The SMILES string of the molecule is COC(=O)C(NC(=O)c1ccc(C)c([N+](=O)[O-])c1)C(C)C. The van der Waals surface area contributed by atoms with Gasteiger partial charge in [0.15, 0.2) is 0 Å². The molecular weight excluding hydrogens is 276 g/mol. The second-order valence-corrected chi connectivity index (χ2v) is 4.98. The first kappa shape index (κ1) is 16.6. The van der Waals surface area contributed by atoms with Crippen molar-refractivity contribution < 1.29 is 19.2 Å². The van der Waals surface area contributed by atoms with E-state index in [9.17, 15) is 19.7 Å². The Morgan fingerprint density at radius 3 is 2.43 bits per heavy atom. The Labute approximate surface area is 122 Å². The number of benzene rings is 1. The maximum absolute atomic E-state index is 12.1. The number of carbonyl (C=O) groups excluding carboxylic acids is 2. The number of methoxy groups -OCH3 is 1. The predicted molar refractivity (Wildman–Crippen MR) is 75.9 cm³/mol. The summed E-state index contributed by atoms with van der Waals surface area (Å²) >= 11 is 0. The zero-order valence-corrected chi connectivity index (χ0v) is 12.4. The molecule has 0 aliphatic heterocycles. The van der Waals surface area contributed by atoms with Crippen LogP contribution in [-0.2, 0) is 9.53 Å². The van der Waals surface area contributed by atoms with E-state index in [2.05, 4.69) is 10.1 Å². The van der Waals surface area contributed by atoms with Gasteiger partial charge in [-0.2, -0.15) is 0 Å². The van der Waals surface area contributed by atoms with E-state index in [1.165, 1.54) is 25.3 Å². The number of nitrogens with one attached hydrogen (secondary N) is 1. The van der Waals surface area contributed by atoms with Gasteiger partial charge in [0.05, 0.1) is 12.0 Å². The lowest BCUT2D eigenvalue weighted by atomic mass is 10.0. The molecule has 1 atom stereocenters. The van der Waals surface area contributed by atoms with Crippen molar-refractivity contribution in [1.29, 1.82) is 0 Å². The van der Waals surface area contributed by atoms with E-state index in [0.29, 0.717) is 5.56 Å². The third kappa shape index (κ3) is 4.01. The molecule has 1 aromatic carbocycles. The van der Waals surface area contributed by atoms with Gasteiger partial charge in [-0.25, -0.2) is 4.79 Å². The van der Waals surface area contributed by atoms with Gasteiger partial charge in [0.25, 0.3) is 11.6 Å². The number of hydrogen-bond acceptors (Lipinski definition) is 5. The normalized spacial score (nSPS) is 11.9. The van der Waals surface area contributed by atoms with Crippen molar-refractivity contribution in [2.24, 2.45) is 5.92 Å². The molecule has 7 nitrogen and oxygen atoms in total. The lowest BCUT2D eigenvalue weighted by molar-refractivity contribution is -0.385. The highest BCUT2D eigenvalue weighted by molar-refractivity contribution is 5.97. The second kappa shape index (κ2) is 6.83. The maximum atomic E-state index is 12.1. The Balaban J connectivity index is 3.01. The fourth-order valence-corrected chi connectivity index (χ4v) is 1.80. The van der Waals surface area contributed by atoms with Crippen LogP contribution in [0.5, 0.6) is 0 Å². The van der Waals surface area contributed by atoms with Crippen LogP contribution in [0.2, 0.25) is 0 Å². The van der Waals surface area contributed by atoms with Crippen LogP contribution in [0, 0.1) is 23.0 Å². The highest BCUT2D eigenvalue weighted by Crippen LogP contribution is 2.19. The van der Waals surface area contributed by atoms with E-state index in [4.69, 9.17) is 0 Å². The van der Waals surface area contributed by atoms with Gasteiger partial charge in [0, 0.05) is 17.2 Å². The zero-order valence-electron chi connectivity index (χ0n) is 12.4. The van der Waals surface area contributed by atoms with Crippen LogP contribution in [0.1, 0.15) is 29.8 Å². The second-order valence-electron chi connectivity index (χ2n) is 4.98. The zero-order chi connectivity index (χ0) is 16.2. The Kier molecular flexibility index (Phi) is 5.40. The number of amides is 1. The third-order valence-corrected chi connectivity index (χ3v) is 3.08. The van der Waals surface area contributed by atoms with Crippen molar-refractivity contribution in [3.05, 3.63) is 39.4 Å². The van der Waals surface area contributed by atoms with Crippen LogP contribution in [0.3, 0.4) is 0 Å². The molecule has 0 saturated heterocycles. The smallest absolute Gasteiger partial charge is 0.328 e. The topological polar surface area (TPSA) is 98.5 Å². The number of ether oxygens (including phenoxy) is 1. The summed E-state index contributed by atoms with van der Waals surface area (Å²) in [6.07, 6.45) is 0. The number of rotatable bonds is 5. The summed E-state index contributed by atoms with van der Waals surface area (Å²) in [5.41, 5.74) is 0.452. The van der Waals surface area contributed by atoms with Crippen molar-refractivity contribution >= 4 is 17.6 Å². The first-order chi connectivity index (χ1) is 9.77. The fourth-order valence-electron chi connectivity index (χ4n) is 1.80. The Bertz CT molecular complexity index is 568. The number of hydrogen-bond donors (Lipinski definition) is 1. The first-order valence-corrected chi connectivity index (χ1v) is 6.41.